The van der Waals surface area contributed by atoms with Crippen molar-refractivity contribution in [2.75, 3.05) is 30.9 Å². The molecule has 1 heterocycles. The highest BCUT2D eigenvalue weighted by molar-refractivity contribution is 5.65. The fourth-order valence-corrected chi connectivity index (χ4v) is 2.22. The first kappa shape index (κ1) is 18.0. The average Bonchev–Trinajstić information content (AvgIpc) is 2.52. The minimum absolute atomic E-state index is 0.109. The molecule has 0 atom stereocenters. The summed E-state index contributed by atoms with van der Waals surface area (Å²) in [4.78, 5) is 8.86. The molecule has 2 aromatic rings. The number of benzene rings is 1. The molecule has 6 heteroatoms. The molecule has 6 nitrogen and oxygen atoms in total. The summed E-state index contributed by atoms with van der Waals surface area (Å²) >= 11 is 0. The van der Waals surface area contributed by atoms with Gasteiger partial charge >= 0.3 is 0 Å². The van der Waals surface area contributed by atoms with E-state index in [0.29, 0.717) is 5.82 Å². The molecule has 1 aromatic carbocycles. The van der Waals surface area contributed by atoms with Crippen LogP contribution in [0.5, 0.6) is 5.75 Å². The summed E-state index contributed by atoms with van der Waals surface area (Å²) in [7, 11) is 1.70. The van der Waals surface area contributed by atoms with Crippen LogP contribution in [0.4, 0.5) is 17.3 Å². The molecule has 1 aromatic heterocycles. The number of ether oxygens (including phenoxy) is 2. The van der Waals surface area contributed by atoms with Crippen molar-refractivity contribution in [3.05, 3.63) is 36.2 Å². The lowest BCUT2D eigenvalue weighted by Gasteiger charge is -2.15. The summed E-state index contributed by atoms with van der Waals surface area (Å²) < 4.78 is 10.9. The zero-order chi connectivity index (χ0) is 17.4. The smallest absolute Gasteiger partial charge is 0.143 e. The molecule has 0 aliphatic heterocycles. The van der Waals surface area contributed by atoms with E-state index >= 15 is 0 Å². The van der Waals surface area contributed by atoms with Crippen LogP contribution < -0.4 is 15.4 Å². The Hall–Kier alpha value is -2.34. The van der Waals surface area contributed by atoms with E-state index in [9.17, 15) is 0 Å². The minimum Gasteiger partial charge on any atom is -0.489 e. The Morgan fingerprint density at radius 1 is 1.12 bits per heavy atom. The predicted molar refractivity (Wildman–Crippen MR) is 97.2 cm³/mol. The molecule has 0 aliphatic rings. The highest BCUT2D eigenvalue weighted by atomic mass is 16.5. The third-order valence-electron chi connectivity index (χ3n) is 3.18. The van der Waals surface area contributed by atoms with Crippen molar-refractivity contribution < 1.29 is 9.47 Å². The van der Waals surface area contributed by atoms with E-state index in [2.05, 4.69) is 20.6 Å². The van der Waals surface area contributed by atoms with Gasteiger partial charge in [-0.1, -0.05) is 12.1 Å². The number of hydrogen-bond donors (Lipinski definition) is 2. The van der Waals surface area contributed by atoms with Gasteiger partial charge < -0.3 is 20.1 Å². The first-order chi connectivity index (χ1) is 11.6. The molecule has 2 rings (SSSR count). The van der Waals surface area contributed by atoms with Gasteiger partial charge in [-0.15, -0.1) is 0 Å². The van der Waals surface area contributed by atoms with Gasteiger partial charge in [0.25, 0.3) is 0 Å². The summed E-state index contributed by atoms with van der Waals surface area (Å²) in [5.41, 5.74) is 0.884. The summed E-state index contributed by atoms with van der Waals surface area (Å²) in [6, 6.07) is 9.73. The summed E-state index contributed by atoms with van der Waals surface area (Å²) in [5.74, 6) is 3.04. The van der Waals surface area contributed by atoms with Crippen molar-refractivity contribution >= 4 is 17.3 Å². The summed E-state index contributed by atoms with van der Waals surface area (Å²) in [6.45, 7) is 7.42. The van der Waals surface area contributed by atoms with Gasteiger partial charge in [-0.3, -0.25) is 0 Å². The van der Waals surface area contributed by atoms with Crippen LogP contribution in [0.3, 0.4) is 0 Å². The van der Waals surface area contributed by atoms with E-state index in [-0.39, 0.29) is 6.10 Å². The van der Waals surface area contributed by atoms with Gasteiger partial charge in [-0.2, -0.15) is 0 Å². The van der Waals surface area contributed by atoms with Gasteiger partial charge in [0.05, 0.1) is 11.8 Å². The summed E-state index contributed by atoms with van der Waals surface area (Å²) in [5, 5.41) is 6.61. The van der Waals surface area contributed by atoms with Crippen LogP contribution in [0.1, 0.15) is 26.1 Å². The number of rotatable bonds is 9. The molecular formula is C18H26N4O2. The molecule has 2 N–H and O–H groups in total. The molecule has 0 bridgehead atoms. The number of hydrogen-bond acceptors (Lipinski definition) is 6. The van der Waals surface area contributed by atoms with Crippen molar-refractivity contribution in [1.29, 1.82) is 0 Å². The fourth-order valence-electron chi connectivity index (χ4n) is 2.22. The second kappa shape index (κ2) is 9.08. The molecule has 0 unspecified atom stereocenters. The van der Waals surface area contributed by atoms with Crippen molar-refractivity contribution in [2.45, 2.75) is 33.3 Å². The van der Waals surface area contributed by atoms with Gasteiger partial charge in [0.1, 0.15) is 23.2 Å². The Kier molecular flexibility index (Phi) is 6.81. The number of nitrogens with zero attached hydrogens (tertiary/aromatic N) is 2. The van der Waals surface area contributed by atoms with Gasteiger partial charge in [0, 0.05) is 26.3 Å². The quantitative estimate of drug-likeness (QED) is 0.682. The monoisotopic (exact) mass is 330 g/mol. The fraction of sp³-hybridized carbons (Fsp3) is 0.444. The predicted octanol–water partition coefficient (Wildman–Crippen LogP) is 3.76. The molecule has 130 valence electrons. The molecule has 0 spiro atoms. The first-order valence-corrected chi connectivity index (χ1v) is 8.19. The van der Waals surface area contributed by atoms with E-state index in [0.717, 1.165) is 42.6 Å². The summed E-state index contributed by atoms with van der Waals surface area (Å²) in [6.07, 6.45) is 1.03. The van der Waals surface area contributed by atoms with Crippen molar-refractivity contribution in [3.8, 4) is 5.75 Å². The van der Waals surface area contributed by atoms with E-state index in [1.165, 1.54) is 0 Å². The van der Waals surface area contributed by atoms with Gasteiger partial charge in [-0.25, -0.2) is 9.97 Å². The molecule has 0 saturated heterocycles. The lowest BCUT2D eigenvalue weighted by atomic mass is 10.3. The Labute approximate surface area is 143 Å². The maximum atomic E-state index is 5.83. The van der Waals surface area contributed by atoms with E-state index in [4.69, 9.17) is 9.47 Å². The lowest BCUT2D eigenvalue weighted by molar-refractivity contribution is 0.198. The SMILES string of the molecule is COCCCNc1cc(Nc2ccccc2OC(C)C)nc(C)n1. The number of para-hydroxylation sites is 2. The maximum absolute atomic E-state index is 5.83. The molecular weight excluding hydrogens is 304 g/mol. The normalized spacial score (nSPS) is 10.7. The van der Waals surface area contributed by atoms with Gasteiger partial charge in [0.2, 0.25) is 0 Å². The van der Waals surface area contributed by atoms with E-state index in [1.54, 1.807) is 7.11 Å². The largest absolute Gasteiger partial charge is 0.489 e. The van der Waals surface area contributed by atoms with Crippen LogP contribution in [0, 0.1) is 6.92 Å². The van der Waals surface area contributed by atoms with Crippen LogP contribution in [0.2, 0.25) is 0 Å². The third kappa shape index (κ3) is 5.70. The number of methoxy groups -OCH3 is 1. The third-order valence-corrected chi connectivity index (χ3v) is 3.18. The molecule has 24 heavy (non-hydrogen) atoms. The van der Waals surface area contributed by atoms with Crippen molar-refractivity contribution in [3.63, 3.8) is 0 Å². The number of aromatic nitrogens is 2. The second-order valence-corrected chi connectivity index (χ2v) is 5.75. The van der Waals surface area contributed by atoms with Gasteiger partial charge in [-0.05, 0) is 39.3 Å². The van der Waals surface area contributed by atoms with Crippen LogP contribution in [-0.2, 0) is 4.74 Å². The molecule has 0 fully saturated rings. The number of nitrogens with one attached hydrogen (secondary N) is 2. The Morgan fingerprint density at radius 3 is 2.62 bits per heavy atom. The van der Waals surface area contributed by atoms with E-state index in [1.807, 2.05) is 51.1 Å². The molecule has 0 saturated carbocycles. The highest BCUT2D eigenvalue weighted by Gasteiger charge is 2.08. The number of anilines is 3. The number of aryl methyl sites for hydroxylation is 1. The van der Waals surface area contributed by atoms with Crippen LogP contribution in [-0.4, -0.2) is 36.3 Å². The van der Waals surface area contributed by atoms with Crippen LogP contribution in [0.25, 0.3) is 0 Å². The Bertz CT molecular complexity index is 647. The topological polar surface area (TPSA) is 68.3 Å². The Balaban J connectivity index is 2.11. The second-order valence-electron chi connectivity index (χ2n) is 5.75. The molecule has 0 amide bonds. The average molecular weight is 330 g/mol. The van der Waals surface area contributed by atoms with Crippen LogP contribution >= 0.6 is 0 Å². The lowest BCUT2D eigenvalue weighted by Crippen LogP contribution is -2.09. The standard InChI is InChI=1S/C18H26N4O2/c1-13(2)24-16-9-6-5-8-15(16)22-18-12-17(20-14(3)21-18)19-10-7-11-23-4/h5-6,8-9,12-13H,7,10-11H2,1-4H3,(H2,19,20,21,22). The maximum Gasteiger partial charge on any atom is 0.143 e. The highest BCUT2D eigenvalue weighted by Crippen LogP contribution is 2.28. The van der Waals surface area contributed by atoms with Crippen LogP contribution in [0.15, 0.2) is 30.3 Å². The minimum atomic E-state index is 0.109. The Morgan fingerprint density at radius 2 is 1.88 bits per heavy atom. The van der Waals surface area contributed by atoms with E-state index < -0.39 is 0 Å². The zero-order valence-electron chi connectivity index (χ0n) is 14.8. The van der Waals surface area contributed by atoms with Crippen molar-refractivity contribution in [1.82, 2.24) is 9.97 Å². The van der Waals surface area contributed by atoms with Crippen molar-refractivity contribution in [2.24, 2.45) is 0 Å². The first-order valence-electron chi connectivity index (χ1n) is 8.19. The molecule has 0 aliphatic carbocycles. The molecule has 0 radical (unpaired) electrons. The van der Waals surface area contributed by atoms with Gasteiger partial charge in [0.15, 0.2) is 0 Å². The zero-order valence-corrected chi connectivity index (χ0v) is 14.8.